The van der Waals surface area contributed by atoms with Crippen molar-refractivity contribution in [2.45, 2.75) is 79.9 Å². The Balaban J connectivity index is 2.23. The molecule has 0 saturated heterocycles. The molecule has 0 radical (unpaired) electrons. The Morgan fingerprint density at radius 3 is 2.14 bits per heavy atom. The predicted molar refractivity (Wildman–Crippen MR) is 112 cm³/mol. The largest absolute Gasteiger partial charge is 0.486 e. The SMILES string of the molecule is Cc1c(C)c2c3c(c4c(c2oc1=O)C(=O)C(C)(C)C(C)(C)O4)CC(C)C(C)(C)O3. The maximum Gasteiger partial charge on any atom is 0.339 e. The molecule has 0 fully saturated rings. The number of ether oxygens (including phenoxy) is 2. The van der Waals surface area contributed by atoms with Crippen molar-refractivity contribution in [3.63, 3.8) is 0 Å². The highest BCUT2D eigenvalue weighted by Crippen LogP contribution is 2.54. The van der Waals surface area contributed by atoms with Gasteiger partial charge < -0.3 is 13.9 Å². The fourth-order valence-corrected chi connectivity index (χ4v) is 4.19. The number of carbonyl (C=O) groups excluding carboxylic acids is 1. The summed E-state index contributed by atoms with van der Waals surface area (Å²) in [5, 5.41) is 0.711. The van der Waals surface area contributed by atoms with Crippen molar-refractivity contribution in [1.82, 2.24) is 0 Å². The topological polar surface area (TPSA) is 65.7 Å². The molecule has 2 aliphatic rings. The third-order valence-electron chi connectivity index (χ3n) is 7.61. The van der Waals surface area contributed by atoms with E-state index in [-0.39, 0.29) is 17.3 Å². The Labute approximate surface area is 171 Å². The zero-order valence-corrected chi connectivity index (χ0v) is 18.8. The highest BCUT2D eigenvalue weighted by molar-refractivity contribution is 6.14. The summed E-state index contributed by atoms with van der Waals surface area (Å²) in [5.41, 5.74) is 0.555. The fraction of sp³-hybridized carbons (Fsp3) is 0.583. The number of carbonyl (C=O) groups is 1. The van der Waals surface area contributed by atoms with Crippen molar-refractivity contribution in [3.05, 3.63) is 32.7 Å². The van der Waals surface area contributed by atoms with Crippen LogP contribution in [0.2, 0.25) is 0 Å². The van der Waals surface area contributed by atoms with Gasteiger partial charge in [0.2, 0.25) is 0 Å². The van der Waals surface area contributed by atoms with Crippen molar-refractivity contribution in [3.8, 4) is 11.5 Å². The smallest absolute Gasteiger partial charge is 0.339 e. The molecule has 1 aromatic carbocycles. The Kier molecular flexibility index (Phi) is 3.89. The molecule has 5 heteroatoms. The van der Waals surface area contributed by atoms with Crippen LogP contribution in [0.1, 0.15) is 75.5 Å². The Morgan fingerprint density at radius 2 is 1.52 bits per heavy atom. The monoisotopic (exact) mass is 398 g/mol. The lowest BCUT2D eigenvalue weighted by Crippen LogP contribution is -2.53. The number of aryl methyl sites for hydroxylation is 1. The molecule has 1 unspecified atom stereocenters. The maximum atomic E-state index is 13.7. The number of fused-ring (bicyclic) bond motifs is 6. The van der Waals surface area contributed by atoms with Gasteiger partial charge >= 0.3 is 5.63 Å². The number of hydrogen-bond acceptors (Lipinski definition) is 5. The quantitative estimate of drug-likeness (QED) is 0.575. The second-order valence-corrected chi connectivity index (χ2v) is 10.2. The minimum atomic E-state index is -0.779. The van der Waals surface area contributed by atoms with Gasteiger partial charge in [0.1, 0.15) is 28.3 Å². The molecular formula is C24H30O5. The number of benzene rings is 1. The van der Waals surface area contributed by atoms with Gasteiger partial charge in [0.15, 0.2) is 11.4 Å². The predicted octanol–water partition coefficient (Wildman–Crippen LogP) is 5.14. The van der Waals surface area contributed by atoms with Crippen molar-refractivity contribution < 1.29 is 18.7 Å². The van der Waals surface area contributed by atoms with Crippen LogP contribution in [0.5, 0.6) is 11.5 Å². The minimum Gasteiger partial charge on any atom is -0.486 e. The summed E-state index contributed by atoms with van der Waals surface area (Å²) in [6.07, 6.45) is 0.724. The van der Waals surface area contributed by atoms with Crippen LogP contribution in [0.4, 0.5) is 0 Å². The molecule has 29 heavy (non-hydrogen) atoms. The zero-order valence-electron chi connectivity index (χ0n) is 18.8. The molecule has 0 N–H and O–H groups in total. The van der Waals surface area contributed by atoms with E-state index in [2.05, 4.69) is 20.8 Å². The summed E-state index contributed by atoms with van der Waals surface area (Å²) >= 11 is 0. The normalized spacial score (nSPS) is 23.8. The van der Waals surface area contributed by atoms with Gasteiger partial charge in [0.05, 0.1) is 10.8 Å². The van der Waals surface area contributed by atoms with E-state index < -0.39 is 22.2 Å². The lowest BCUT2D eigenvalue weighted by atomic mass is 9.68. The number of hydrogen-bond donors (Lipinski definition) is 0. The highest BCUT2D eigenvalue weighted by atomic mass is 16.5. The highest BCUT2D eigenvalue weighted by Gasteiger charge is 2.53. The third kappa shape index (κ3) is 2.45. The molecule has 2 aliphatic heterocycles. The summed E-state index contributed by atoms with van der Waals surface area (Å²) < 4.78 is 18.7. The molecule has 5 nitrogen and oxygen atoms in total. The van der Waals surface area contributed by atoms with Gasteiger partial charge in [0, 0.05) is 11.1 Å². The van der Waals surface area contributed by atoms with Crippen LogP contribution in [-0.4, -0.2) is 17.0 Å². The van der Waals surface area contributed by atoms with Crippen LogP contribution >= 0.6 is 0 Å². The van der Waals surface area contributed by atoms with E-state index in [4.69, 9.17) is 13.9 Å². The van der Waals surface area contributed by atoms with Gasteiger partial charge in [-0.2, -0.15) is 0 Å². The second-order valence-electron chi connectivity index (χ2n) is 10.2. The van der Waals surface area contributed by atoms with Crippen LogP contribution in [0, 0.1) is 25.2 Å². The molecule has 1 atom stereocenters. The first-order valence-electron chi connectivity index (χ1n) is 10.3. The Bertz CT molecular complexity index is 1130. The molecule has 0 aliphatic carbocycles. The summed E-state index contributed by atoms with van der Waals surface area (Å²) in [4.78, 5) is 26.2. The average molecular weight is 398 g/mol. The molecule has 0 amide bonds. The third-order valence-corrected chi connectivity index (χ3v) is 7.61. The molecule has 0 spiro atoms. The molecule has 4 rings (SSSR count). The molecule has 2 aromatic rings. The minimum absolute atomic E-state index is 0.0690. The van der Waals surface area contributed by atoms with Gasteiger partial charge in [-0.05, 0) is 73.3 Å². The lowest BCUT2D eigenvalue weighted by Gasteiger charge is -2.47. The van der Waals surface area contributed by atoms with Crippen molar-refractivity contribution in [2.24, 2.45) is 11.3 Å². The first-order valence-corrected chi connectivity index (χ1v) is 10.3. The van der Waals surface area contributed by atoms with Gasteiger partial charge in [-0.15, -0.1) is 0 Å². The molecule has 0 saturated carbocycles. The van der Waals surface area contributed by atoms with E-state index in [1.165, 1.54) is 0 Å². The van der Waals surface area contributed by atoms with E-state index in [1.54, 1.807) is 6.92 Å². The van der Waals surface area contributed by atoms with Crippen molar-refractivity contribution in [1.29, 1.82) is 0 Å². The van der Waals surface area contributed by atoms with Crippen molar-refractivity contribution >= 4 is 16.8 Å². The summed E-state index contributed by atoms with van der Waals surface area (Å²) in [6.45, 7) is 17.5. The zero-order chi connectivity index (χ0) is 21.7. The maximum absolute atomic E-state index is 13.7. The van der Waals surface area contributed by atoms with E-state index in [1.807, 2.05) is 34.6 Å². The Morgan fingerprint density at radius 1 is 0.897 bits per heavy atom. The molecule has 3 heterocycles. The molecule has 0 bridgehead atoms. The van der Waals surface area contributed by atoms with Crippen molar-refractivity contribution in [2.75, 3.05) is 0 Å². The van der Waals surface area contributed by atoms with Crippen LogP contribution < -0.4 is 15.1 Å². The number of Topliss-reactive ketones (excluding diaryl/α,β-unsaturated/α-hetero) is 1. The second kappa shape index (κ2) is 5.65. The Hall–Kier alpha value is -2.30. The first-order chi connectivity index (χ1) is 13.2. The van der Waals surface area contributed by atoms with Gasteiger partial charge in [-0.1, -0.05) is 6.92 Å². The molecule has 156 valence electrons. The van der Waals surface area contributed by atoms with Crippen LogP contribution in [0.25, 0.3) is 11.0 Å². The van der Waals surface area contributed by atoms with Gasteiger partial charge in [-0.25, -0.2) is 4.79 Å². The number of rotatable bonds is 0. The van der Waals surface area contributed by atoms with Gasteiger partial charge in [0.25, 0.3) is 0 Å². The van der Waals surface area contributed by atoms with E-state index in [0.29, 0.717) is 28.0 Å². The first kappa shape index (κ1) is 20.0. The van der Waals surface area contributed by atoms with Gasteiger partial charge in [-0.3, -0.25) is 4.79 Å². The van der Waals surface area contributed by atoms with E-state index >= 15 is 0 Å². The summed E-state index contributed by atoms with van der Waals surface area (Å²) in [6, 6.07) is 0. The average Bonchev–Trinajstić information content (AvgIpc) is 2.59. The van der Waals surface area contributed by atoms with Crippen LogP contribution in [0.3, 0.4) is 0 Å². The lowest BCUT2D eigenvalue weighted by molar-refractivity contribution is -0.0152. The fourth-order valence-electron chi connectivity index (χ4n) is 4.19. The van der Waals surface area contributed by atoms with Crippen LogP contribution in [-0.2, 0) is 6.42 Å². The summed E-state index contributed by atoms with van der Waals surface area (Å²) in [5.74, 6) is 1.34. The molecule has 1 aromatic heterocycles. The standard InChI is InChI=1S/C24H30O5/c1-11-10-14-17(28-23(11,6)7)15-12(2)13(3)21(26)27-19(15)16-18(14)29-24(8,9)22(4,5)20(16)25/h11H,10H2,1-9H3. The van der Waals surface area contributed by atoms with Crippen LogP contribution in [0.15, 0.2) is 9.21 Å². The van der Waals surface area contributed by atoms with E-state index in [9.17, 15) is 9.59 Å². The van der Waals surface area contributed by atoms with E-state index in [0.717, 1.165) is 17.5 Å². The summed E-state index contributed by atoms with van der Waals surface area (Å²) in [7, 11) is 0. The molecular weight excluding hydrogens is 368 g/mol. The number of ketones is 1.